The summed E-state index contributed by atoms with van der Waals surface area (Å²) in [6, 6.07) is 9.99. The third-order valence-electron chi connectivity index (χ3n) is 3.06. The largest absolute Gasteiger partial charge is 0.486 e. The van der Waals surface area contributed by atoms with Gasteiger partial charge in [-0.05, 0) is 29.8 Å². The van der Waals surface area contributed by atoms with E-state index in [4.69, 9.17) is 15.2 Å². The van der Waals surface area contributed by atoms with Crippen LogP contribution in [-0.2, 0) is 0 Å². The summed E-state index contributed by atoms with van der Waals surface area (Å²) in [7, 11) is 0. The SMILES string of the molecule is NCC(Sc1ccc2c(c1)OCCO2)c1cccnc1. The first-order valence-electron chi connectivity index (χ1n) is 6.53. The molecule has 20 heavy (non-hydrogen) atoms. The molecule has 1 aromatic carbocycles. The maximum Gasteiger partial charge on any atom is 0.162 e. The van der Waals surface area contributed by atoms with Crippen molar-refractivity contribution in [3.8, 4) is 11.5 Å². The van der Waals surface area contributed by atoms with Crippen molar-refractivity contribution in [3.63, 3.8) is 0 Å². The van der Waals surface area contributed by atoms with Crippen LogP contribution in [0.1, 0.15) is 10.8 Å². The summed E-state index contributed by atoms with van der Waals surface area (Å²) < 4.78 is 11.1. The molecule has 1 aliphatic rings. The highest BCUT2D eigenvalue weighted by Gasteiger charge is 2.15. The lowest BCUT2D eigenvalue weighted by Crippen LogP contribution is -2.15. The molecule has 104 valence electrons. The first-order valence-corrected chi connectivity index (χ1v) is 7.41. The van der Waals surface area contributed by atoms with E-state index in [0.717, 1.165) is 22.0 Å². The zero-order valence-corrected chi connectivity index (χ0v) is 11.8. The quantitative estimate of drug-likeness (QED) is 0.877. The molecule has 0 radical (unpaired) electrons. The van der Waals surface area contributed by atoms with Crippen LogP contribution in [0.15, 0.2) is 47.6 Å². The number of ether oxygens (including phenoxy) is 2. The maximum atomic E-state index is 5.89. The van der Waals surface area contributed by atoms with Crippen LogP contribution in [0.5, 0.6) is 11.5 Å². The molecule has 2 N–H and O–H groups in total. The fraction of sp³-hybridized carbons (Fsp3) is 0.267. The minimum absolute atomic E-state index is 0.186. The van der Waals surface area contributed by atoms with E-state index in [9.17, 15) is 0 Å². The Labute approximate surface area is 122 Å². The Hall–Kier alpha value is -1.72. The summed E-state index contributed by atoms with van der Waals surface area (Å²) in [5, 5.41) is 0.186. The van der Waals surface area contributed by atoms with Crippen molar-refractivity contribution in [2.45, 2.75) is 10.1 Å². The van der Waals surface area contributed by atoms with Crippen molar-refractivity contribution in [1.29, 1.82) is 0 Å². The molecule has 0 spiro atoms. The summed E-state index contributed by atoms with van der Waals surface area (Å²) >= 11 is 1.71. The van der Waals surface area contributed by atoms with E-state index in [2.05, 4.69) is 11.1 Å². The van der Waals surface area contributed by atoms with Crippen molar-refractivity contribution >= 4 is 11.8 Å². The normalized spacial score (nSPS) is 14.8. The molecule has 0 saturated carbocycles. The van der Waals surface area contributed by atoms with Gasteiger partial charge in [0, 0.05) is 29.1 Å². The lowest BCUT2D eigenvalue weighted by Gasteiger charge is -2.20. The van der Waals surface area contributed by atoms with Crippen LogP contribution in [-0.4, -0.2) is 24.7 Å². The Bertz CT molecular complexity index is 577. The van der Waals surface area contributed by atoms with Gasteiger partial charge in [0.2, 0.25) is 0 Å². The monoisotopic (exact) mass is 288 g/mol. The van der Waals surface area contributed by atoms with E-state index in [-0.39, 0.29) is 5.25 Å². The highest BCUT2D eigenvalue weighted by molar-refractivity contribution is 7.99. The van der Waals surface area contributed by atoms with E-state index >= 15 is 0 Å². The Kier molecular flexibility index (Phi) is 4.08. The minimum atomic E-state index is 0.186. The van der Waals surface area contributed by atoms with E-state index in [1.54, 1.807) is 18.0 Å². The van der Waals surface area contributed by atoms with Crippen LogP contribution in [0.2, 0.25) is 0 Å². The molecule has 1 atom stereocenters. The van der Waals surface area contributed by atoms with E-state index < -0.39 is 0 Å². The highest BCUT2D eigenvalue weighted by Crippen LogP contribution is 2.39. The molecule has 2 aromatic rings. The molecule has 4 nitrogen and oxygen atoms in total. The van der Waals surface area contributed by atoms with Crippen molar-refractivity contribution in [3.05, 3.63) is 48.3 Å². The molecule has 0 bridgehead atoms. The number of benzene rings is 1. The standard InChI is InChI=1S/C15H16N2O2S/c16-9-15(11-2-1-5-17-10-11)20-12-3-4-13-14(8-12)19-7-6-18-13/h1-5,8,10,15H,6-7,9,16H2. The lowest BCUT2D eigenvalue weighted by molar-refractivity contribution is 0.171. The van der Waals surface area contributed by atoms with Gasteiger partial charge in [0.25, 0.3) is 0 Å². The van der Waals surface area contributed by atoms with Crippen LogP contribution in [0.4, 0.5) is 0 Å². The van der Waals surface area contributed by atoms with Crippen LogP contribution in [0.3, 0.4) is 0 Å². The number of hydrogen-bond acceptors (Lipinski definition) is 5. The third kappa shape index (κ3) is 2.89. The van der Waals surface area contributed by atoms with E-state index in [1.165, 1.54) is 0 Å². The van der Waals surface area contributed by atoms with Crippen molar-refractivity contribution in [2.24, 2.45) is 5.73 Å². The van der Waals surface area contributed by atoms with Gasteiger partial charge in [-0.3, -0.25) is 4.98 Å². The Morgan fingerprint density at radius 2 is 2.05 bits per heavy atom. The molecule has 1 unspecified atom stereocenters. The van der Waals surface area contributed by atoms with Gasteiger partial charge in [-0.1, -0.05) is 6.07 Å². The molecule has 3 rings (SSSR count). The predicted molar refractivity (Wildman–Crippen MR) is 79.3 cm³/mol. The second-order valence-corrected chi connectivity index (χ2v) is 5.71. The molecule has 2 heterocycles. The fourth-order valence-corrected chi connectivity index (χ4v) is 3.10. The van der Waals surface area contributed by atoms with Gasteiger partial charge in [-0.2, -0.15) is 0 Å². The van der Waals surface area contributed by atoms with Gasteiger partial charge in [-0.25, -0.2) is 0 Å². The molecule has 1 aromatic heterocycles. The van der Waals surface area contributed by atoms with Crippen molar-refractivity contribution in [1.82, 2.24) is 4.98 Å². The van der Waals surface area contributed by atoms with Crippen molar-refractivity contribution < 1.29 is 9.47 Å². The molecule has 0 fully saturated rings. The lowest BCUT2D eigenvalue weighted by atomic mass is 10.2. The number of thioether (sulfide) groups is 1. The van der Waals surface area contributed by atoms with Crippen LogP contribution in [0.25, 0.3) is 0 Å². The highest BCUT2D eigenvalue weighted by atomic mass is 32.2. The van der Waals surface area contributed by atoms with Crippen molar-refractivity contribution in [2.75, 3.05) is 19.8 Å². The van der Waals surface area contributed by atoms with Gasteiger partial charge < -0.3 is 15.2 Å². The molecule has 0 saturated heterocycles. The van der Waals surface area contributed by atoms with Gasteiger partial charge in [-0.15, -0.1) is 11.8 Å². The first-order chi connectivity index (χ1) is 9.86. The number of nitrogens with zero attached hydrogens (tertiary/aromatic N) is 1. The van der Waals surface area contributed by atoms with Crippen LogP contribution >= 0.6 is 11.8 Å². The second kappa shape index (κ2) is 6.15. The summed E-state index contributed by atoms with van der Waals surface area (Å²) in [6.07, 6.45) is 3.63. The number of hydrogen-bond donors (Lipinski definition) is 1. The number of rotatable bonds is 4. The molecule has 5 heteroatoms. The summed E-state index contributed by atoms with van der Waals surface area (Å²) in [5.74, 6) is 1.62. The number of aromatic nitrogens is 1. The fourth-order valence-electron chi connectivity index (χ4n) is 2.08. The van der Waals surface area contributed by atoms with Gasteiger partial charge >= 0.3 is 0 Å². The topological polar surface area (TPSA) is 57.4 Å². The average molecular weight is 288 g/mol. The van der Waals surface area contributed by atoms with Gasteiger partial charge in [0.1, 0.15) is 13.2 Å². The van der Waals surface area contributed by atoms with E-state index in [1.807, 2.05) is 30.5 Å². The summed E-state index contributed by atoms with van der Waals surface area (Å²) in [4.78, 5) is 5.27. The summed E-state index contributed by atoms with van der Waals surface area (Å²) in [6.45, 7) is 1.77. The zero-order chi connectivity index (χ0) is 13.8. The first kappa shape index (κ1) is 13.3. The Morgan fingerprint density at radius 1 is 1.20 bits per heavy atom. The molecular formula is C15H16N2O2S. The zero-order valence-electron chi connectivity index (χ0n) is 11.0. The number of fused-ring (bicyclic) bond motifs is 1. The van der Waals surface area contributed by atoms with Crippen LogP contribution in [0, 0.1) is 0 Å². The molecular weight excluding hydrogens is 272 g/mol. The average Bonchev–Trinajstić information content (AvgIpc) is 2.53. The molecule has 1 aliphatic heterocycles. The Balaban J connectivity index is 1.79. The minimum Gasteiger partial charge on any atom is -0.486 e. The van der Waals surface area contributed by atoms with E-state index in [0.29, 0.717) is 19.8 Å². The molecule has 0 amide bonds. The maximum absolute atomic E-state index is 5.89. The predicted octanol–water partition coefficient (Wildman–Crippen LogP) is 2.64. The summed E-state index contributed by atoms with van der Waals surface area (Å²) in [5.41, 5.74) is 7.02. The number of nitrogens with two attached hydrogens (primary N) is 1. The Morgan fingerprint density at radius 3 is 2.80 bits per heavy atom. The van der Waals surface area contributed by atoms with Gasteiger partial charge in [0.05, 0.1) is 0 Å². The van der Waals surface area contributed by atoms with Crippen LogP contribution < -0.4 is 15.2 Å². The third-order valence-corrected chi connectivity index (χ3v) is 4.34. The number of pyridine rings is 1. The van der Waals surface area contributed by atoms with Gasteiger partial charge in [0.15, 0.2) is 11.5 Å². The molecule has 0 aliphatic carbocycles. The smallest absolute Gasteiger partial charge is 0.162 e. The second-order valence-electron chi connectivity index (χ2n) is 4.43.